The summed E-state index contributed by atoms with van der Waals surface area (Å²) in [5.74, 6) is -0.478. The van der Waals surface area contributed by atoms with E-state index in [4.69, 9.17) is 15.2 Å². The number of hydrogen-bond donors (Lipinski definition) is 2. The van der Waals surface area contributed by atoms with Gasteiger partial charge >= 0.3 is 18.1 Å². The number of anilines is 1. The molecule has 8 nitrogen and oxygen atoms in total. The largest absolute Gasteiger partial charge is 0.459 e. The SMILES string of the molecule is CC(C)(C)OC(=O)N1CCC(OC(=O)c2cccc(NC(N)=O)c2)CC1. The van der Waals surface area contributed by atoms with Crippen molar-refractivity contribution in [2.24, 2.45) is 5.73 Å². The average Bonchev–Trinajstić information content (AvgIpc) is 2.53. The maximum atomic E-state index is 12.3. The maximum absolute atomic E-state index is 12.3. The number of likely N-dealkylation sites (tertiary alicyclic amines) is 1. The minimum atomic E-state index is -0.704. The number of hydrogen-bond acceptors (Lipinski definition) is 5. The van der Waals surface area contributed by atoms with Crippen LogP contribution in [-0.2, 0) is 9.47 Å². The van der Waals surface area contributed by atoms with Crippen molar-refractivity contribution in [3.63, 3.8) is 0 Å². The van der Waals surface area contributed by atoms with E-state index in [2.05, 4.69) is 5.32 Å². The summed E-state index contributed by atoms with van der Waals surface area (Å²) in [7, 11) is 0. The van der Waals surface area contributed by atoms with Crippen LogP contribution in [0.2, 0.25) is 0 Å². The van der Waals surface area contributed by atoms with Gasteiger partial charge in [0.2, 0.25) is 0 Å². The number of carbonyl (C=O) groups excluding carboxylic acids is 3. The zero-order valence-corrected chi connectivity index (χ0v) is 15.3. The molecule has 2 rings (SSSR count). The number of ether oxygens (including phenoxy) is 2. The Balaban J connectivity index is 1.86. The standard InChI is InChI=1S/C18H25N3O5/c1-18(2,3)26-17(24)21-9-7-14(8-10-21)25-15(22)12-5-4-6-13(11-12)20-16(19)23/h4-6,11,14H,7-10H2,1-3H3,(H3,19,20,23). The molecule has 0 bridgehead atoms. The van der Waals surface area contributed by atoms with E-state index in [9.17, 15) is 14.4 Å². The molecule has 26 heavy (non-hydrogen) atoms. The number of carbonyl (C=O) groups is 3. The Morgan fingerprint density at radius 3 is 2.42 bits per heavy atom. The van der Waals surface area contributed by atoms with Crippen LogP contribution in [0, 0.1) is 0 Å². The monoisotopic (exact) mass is 363 g/mol. The third-order valence-electron chi connectivity index (χ3n) is 3.73. The molecule has 8 heteroatoms. The molecular weight excluding hydrogens is 338 g/mol. The van der Waals surface area contributed by atoms with Gasteiger partial charge in [-0.3, -0.25) is 0 Å². The molecule has 0 saturated carbocycles. The highest BCUT2D eigenvalue weighted by Gasteiger charge is 2.28. The molecule has 0 spiro atoms. The van der Waals surface area contributed by atoms with Gasteiger partial charge < -0.3 is 25.4 Å². The average molecular weight is 363 g/mol. The lowest BCUT2D eigenvalue weighted by atomic mass is 10.1. The second-order valence-corrected chi connectivity index (χ2v) is 7.14. The van der Waals surface area contributed by atoms with Crippen molar-refractivity contribution in [1.82, 2.24) is 4.90 Å². The van der Waals surface area contributed by atoms with Crippen LogP contribution in [0.25, 0.3) is 0 Å². The summed E-state index contributed by atoms with van der Waals surface area (Å²) in [6, 6.07) is 5.66. The van der Waals surface area contributed by atoms with Gasteiger partial charge in [0.1, 0.15) is 11.7 Å². The van der Waals surface area contributed by atoms with Crippen molar-refractivity contribution in [2.45, 2.75) is 45.3 Å². The molecule has 1 aliphatic heterocycles. The molecule has 142 valence electrons. The molecular formula is C18H25N3O5. The van der Waals surface area contributed by atoms with Crippen molar-refractivity contribution in [2.75, 3.05) is 18.4 Å². The second-order valence-electron chi connectivity index (χ2n) is 7.14. The van der Waals surface area contributed by atoms with Crippen LogP contribution in [-0.4, -0.2) is 47.8 Å². The minimum absolute atomic E-state index is 0.269. The van der Waals surface area contributed by atoms with Crippen LogP contribution in [0.15, 0.2) is 24.3 Å². The normalized spacial score (nSPS) is 15.3. The van der Waals surface area contributed by atoms with E-state index in [0.717, 1.165) is 0 Å². The van der Waals surface area contributed by atoms with Gasteiger partial charge in [0.05, 0.1) is 5.56 Å². The molecule has 3 amide bonds. The van der Waals surface area contributed by atoms with Crippen molar-refractivity contribution in [3.8, 4) is 0 Å². The van der Waals surface area contributed by atoms with Crippen molar-refractivity contribution >= 4 is 23.8 Å². The number of amides is 3. The maximum Gasteiger partial charge on any atom is 0.410 e. The highest BCUT2D eigenvalue weighted by Crippen LogP contribution is 2.19. The summed E-state index contributed by atoms with van der Waals surface area (Å²) in [5, 5.41) is 2.41. The van der Waals surface area contributed by atoms with Gasteiger partial charge in [0, 0.05) is 31.6 Å². The van der Waals surface area contributed by atoms with Crippen molar-refractivity contribution in [1.29, 1.82) is 0 Å². The predicted octanol–water partition coefficient (Wildman–Crippen LogP) is 2.73. The summed E-state index contributed by atoms with van der Waals surface area (Å²) in [5.41, 5.74) is 5.28. The highest BCUT2D eigenvalue weighted by molar-refractivity contribution is 5.93. The second kappa shape index (κ2) is 8.07. The first-order valence-corrected chi connectivity index (χ1v) is 8.49. The first kappa shape index (κ1) is 19.6. The van der Waals surface area contributed by atoms with E-state index in [1.165, 1.54) is 6.07 Å². The fourth-order valence-electron chi connectivity index (χ4n) is 2.57. The fourth-order valence-corrected chi connectivity index (χ4v) is 2.57. The van der Waals surface area contributed by atoms with E-state index in [1.807, 2.05) is 20.8 Å². The summed E-state index contributed by atoms with van der Waals surface area (Å²) in [6.07, 6.45) is 0.468. The van der Waals surface area contributed by atoms with E-state index in [1.54, 1.807) is 23.1 Å². The number of urea groups is 1. The van der Waals surface area contributed by atoms with Crippen LogP contribution < -0.4 is 11.1 Å². The van der Waals surface area contributed by atoms with Crippen molar-refractivity contribution in [3.05, 3.63) is 29.8 Å². The number of benzene rings is 1. The molecule has 1 fully saturated rings. The van der Waals surface area contributed by atoms with Crippen LogP contribution in [0.4, 0.5) is 15.3 Å². The van der Waals surface area contributed by atoms with Crippen LogP contribution in [0.3, 0.4) is 0 Å². The zero-order valence-electron chi connectivity index (χ0n) is 15.3. The molecule has 1 saturated heterocycles. The summed E-state index contributed by atoms with van der Waals surface area (Å²) in [6.45, 7) is 6.40. The van der Waals surface area contributed by atoms with Gasteiger partial charge in [0.25, 0.3) is 0 Å². The first-order valence-electron chi connectivity index (χ1n) is 8.49. The molecule has 3 N–H and O–H groups in total. The van der Waals surface area contributed by atoms with Gasteiger partial charge in [-0.05, 0) is 39.0 Å². The molecule has 1 aromatic rings. The lowest BCUT2D eigenvalue weighted by Crippen LogP contribution is -2.43. The van der Waals surface area contributed by atoms with Gasteiger partial charge in [-0.25, -0.2) is 14.4 Å². The topological polar surface area (TPSA) is 111 Å². The molecule has 1 heterocycles. The molecule has 1 aliphatic rings. The number of nitrogens with two attached hydrogens (primary N) is 1. The predicted molar refractivity (Wildman–Crippen MR) is 95.9 cm³/mol. The molecule has 1 aromatic carbocycles. The van der Waals surface area contributed by atoms with E-state index in [-0.39, 0.29) is 12.2 Å². The lowest BCUT2D eigenvalue weighted by molar-refractivity contribution is -0.00340. The smallest absolute Gasteiger partial charge is 0.410 e. The molecule has 0 unspecified atom stereocenters. The Labute approximate surface area is 152 Å². The van der Waals surface area contributed by atoms with Gasteiger partial charge in [-0.2, -0.15) is 0 Å². The number of nitrogens with zero attached hydrogens (tertiary/aromatic N) is 1. The van der Waals surface area contributed by atoms with Crippen LogP contribution in [0.5, 0.6) is 0 Å². The van der Waals surface area contributed by atoms with E-state index < -0.39 is 17.6 Å². The number of piperidine rings is 1. The Bertz CT molecular complexity index is 676. The number of rotatable bonds is 3. The third kappa shape index (κ3) is 5.94. The summed E-state index contributed by atoms with van der Waals surface area (Å²) < 4.78 is 10.8. The van der Waals surface area contributed by atoms with E-state index >= 15 is 0 Å². The number of primary amides is 1. The van der Waals surface area contributed by atoms with Crippen LogP contribution in [0.1, 0.15) is 44.0 Å². The molecule has 0 atom stereocenters. The van der Waals surface area contributed by atoms with Crippen molar-refractivity contribution < 1.29 is 23.9 Å². The Morgan fingerprint density at radius 2 is 1.85 bits per heavy atom. The summed E-state index contributed by atoms with van der Waals surface area (Å²) >= 11 is 0. The minimum Gasteiger partial charge on any atom is -0.459 e. The Morgan fingerprint density at radius 1 is 1.19 bits per heavy atom. The van der Waals surface area contributed by atoms with Gasteiger partial charge in [-0.15, -0.1) is 0 Å². The van der Waals surface area contributed by atoms with Crippen LogP contribution >= 0.6 is 0 Å². The number of esters is 1. The molecule has 0 aromatic heterocycles. The first-order chi connectivity index (χ1) is 12.1. The van der Waals surface area contributed by atoms with E-state index in [0.29, 0.717) is 37.2 Å². The summed E-state index contributed by atoms with van der Waals surface area (Å²) in [4.78, 5) is 36.8. The number of nitrogens with one attached hydrogen (secondary N) is 1. The quantitative estimate of drug-likeness (QED) is 0.802. The zero-order chi connectivity index (χ0) is 19.3. The fraction of sp³-hybridized carbons (Fsp3) is 0.500. The van der Waals surface area contributed by atoms with Gasteiger partial charge in [-0.1, -0.05) is 6.07 Å². The Hall–Kier alpha value is -2.77. The van der Waals surface area contributed by atoms with Gasteiger partial charge in [0.15, 0.2) is 0 Å². The lowest BCUT2D eigenvalue weighted by Gasteiger charge is -2.33. The third-order valence-corrected chi connectivity index (χ3v) is 3.73. The molecule has 0 radical (unpaired) electrons. The highest BCUT2D eigenvalue weighted by atomic mass is 16.6. The molecule has 0 aliphatic carbocycles. The Kier molecular flexibility index (Phi) is 6.07.